The number of carbonyl (C=O) groups is 2. The molecule has 1 N–H and O–H groups in total. The van der Waals surface area contributed by atoms with Crippen molar-refractivity contribution in [1.82, 2.24) is 4.98 Å². The van der Waals surface area contributed by atoms with Crippen LogP contribution >= 0.6 is 0 Å². The first-order valence-electron chi connectivity index (χ1n) is 9.68. The minimum atomic E-state index is -0.267. The number of ether oxygens (including phenoxy) is 2. The summed E-state index contributed by atoms with van der Waals surface area (Å²) in [6, 6.07) is 17.8. The molecule has 0 bridgehead atoms. The molecule has 1 aliphatic rings. The van der Waals surface area contributed by atoms with Gasteiger partial charge in [0.15, 0.2) is 6.61 Å². The Hall–Kier alpha value is -3.87. The summed E-state index contributed by atoms with van der Waals surface area (Å²) < 4.78 is 11.2. The van der Waals surface area contributed by atoms with Gasteiger partial charge in [-0.2, -0.15) is 0 Å². The van der Waals surface area contributed by atoms with Crippen molar-refractivity contribution in [3.63, 3.8) is 0 Å². The molecule has 0 saturated carbocycles. The van der Waals surface area contributed by atoms with Crippen molar-refractivity contribution in [2.24, 2.45) is 0 Å². The lowest BCUT2D eigenvalue weighted by molar-refractivity contribution is -0.118. The van der Waals surface area contributed by atoms with Crippen LogP contribution in [-0.4, -0.2) is 29.9 Å². The third kappa shape index (κ3) is 4.94. The van der Waals surface area contributed by atoms with Crippen LogP contribution in [0.4, 0.5) is 11.4 Å². The van der Waals surface area contributed by atoms with Crippen molar-refractivity contribution >= 4 is 23.2 Å². The number of anilines is 2. The highest BCUT2D eigenvalue weighted by Crippen LogP contribution is 2.24. The van der Waals surface area contributed by atoms with Crippen LogP contribution in [0.3, 0.4) is 0 Å². The van der Waals surface area contributed by atoms with Crippen LogP contribution in [0.25, 0.3) is 0 Å². The van der Waals surface area contributed by atoms with E-state index in [1.807, 2.05) is 12.1 Å². The maximum Gasteiger partial charge on any atom is 0.262 e. The van der Waals surface area contributed by atoms with Crippen LogP contribution in [0.15, 0.2) is 73.1 Å². The van der Waals surface area contributed by atoms with Gasteiger partial charge >= 0.3 is 0 Å². The molecule has 0 radical (unpaired) electrons. The molecule has 1 fully saturated rings. The molecule has 152 valence electrons. The van der Waals surface area contributed by atoms with Gasteiger partial charge in [-0.05, 0) is 67.1 Å². The fourth-order valence-corrected chi connectivity index (χ4v) is 3.14. The van der Waals surface area contributed by atoms with E-state index in [-0.39, 0.29) is 18.4 Å². The van der Waals surface area contributed by atoms with Crippen LogP contribution in [0, 0.1) is 0 Å². The van der Waals surface area contributed by atoms with E-state index in [1.165, 1.54) is 0 Å². The molecule has 7 nitrogen and oxygen atoms in total. The van der Waals surface area contributed by atoms with Crippen LogP contribution in [0.5, 0.6) is 17.2 Å². The summed E-state index contributed by atoms with van der Waals surface area (Å²) in [6.45, 7) is 0.630. The summed E-state index contributed by atoms with van der Waals surface area (Å²) >= 11 is 0. The number of aromatic nitrogens is 1. The molecule has 0 unspecified atom stereocenters. The molecule has 2 heterocycles. The molecule has 2 aromatic carbocycles. The van der Waals surface area contributed by atoms with Crippen molar-refractivity contribution in [2.75, 3.05) is 23.4 Å². The average Bonchev–Trinajstić information content (AvgIpc) is 3.21. The lowest BCUT2D eigenvalue weighted by atomic mass is 10.3. The summed E-state index contributed by atoms with van der Waals surface area (Å²) in [5.41, 5.74) is 1.50. The van der Waals surface area contributed by atoms with Gasteiger partial charge in [-0.3, -0.25) is 14.6 Å². The largest absolute Gasteiger partial charge is 0.484 e. The zero-order chi connectivity index (χ0) is 20.8. The first-order chi connectivity index (χ1) is 14.7. The predicted molar refractivity (Wildman–Crippen MR) is 113 cm³/mol. The summed E-state index contributed by atoms with van der Waals surface area (Å²) in [7, 11) is 0. The fourth-order valence-electron chi connectivity index (χ4n) is 3.14. The summed E-state index contributed by atoms with van der Waals surface area (Å²) in [5.74, 6) is 1.79. The van der Waals surface area contributed by atoms with E-state index in [2.05, 4.69) is 10.3 Å². The normalized spacial score (nSPS) is 13.2. The van der Waals surface area contributed by atoms with E-state index >= 15 is 0 Å². The maximum atomic E-state index is 12.2. The van der Waals surface area contributed by atoms with Crippen LogP contribution in [0.2, 0.25) is 0 Å². The molecule has 0 aliphatic carbocycles. The topological polar surface area (TPSA) is 80.8 Å². The van der Waals surface area contributed by atoms with E-state index in [9.17, 15) is 9.59 Å². The van der Waals surface area contributed by atoms with Crippen LogP contribution < -0.4 is 19.7 Å². The SMILES string of the molecule is O=C(COc1ccc(N2CCCC2=O)cc1)Nc1ccc(Oc2ccncc2)cc1. The van der Waals surface area contributed by atoms with Crippen molar-refractivity contribution in [2.45, 2.75) is 12.8 Å². The number of nitrogens with one attached hydrogen (secondary N) is 1. The van der Waals surface area contributed by atoms with Crippen LogP contribution in [0.1, 0.15) is 12.8 Å². The standard InChI is InChI=1S/C23H21N3O4/c27-22(16-29-19-9-5-18(6-10-19)26-15-1-2-23(26)28)25-17-3-7-20(8-4-17)30-21-11-13-24-14-12-21/h3-14H,1-2,15-16H2,(H,25,27). The first-order valence-corrected chi connectivity index (χ1v) is 9.68. The number of benzene rings is 2. The Bertz CT molecular complexity index is 1000. The van der Waals surface area contributed by atoms with E-state index in [0.29, 0.717) is 29.4 Å². The van der Waals surface area contributed by atoms with Gasteiger partial charge in [0.2, 0.25) is 5.91 Å². The number of carbonyl (C=O) groups excluding carboxylic acids is 2. The monoisotopic (exact) mass is 403 g/mol. The molecule has 1 saturated heterocycles. The Morgan fingerprint density at radius 1 is 0.933 bits per heavy atom. The summed E-state index contributed by atoms with van der Waals surface area (Å²) in [6.07, 6.45) is 4.79. The molecule has 0 spiro atoms. The van der Waals surface area contributed by atoms with Gasteiger partial charge < -0.3 is 19.7 Å². The number of rotatable bonds is 7. The molecule has 7 heteroatoms. The van der Waals surface area contributed by atoms with Crippen LogP contribution in [-0.2, 0) is 9.59 Å². The van der Waals surface area contributed by atoms with E-state index in [0.717, 1.165) is 18.7 Å². The third-order valence-corrected chi connectivity index (χ3v) is 4.62. The van der Waals surface area contributed by atoms with Gasteiger partial charge in [0.05, 0.1) is 0 Å². The van der Waals surface area contributed by atoms with Gasteiger partial charge in [-0.25, -0.2) is 0 Å². The van der Waals surface area contributed by atoms with E-state index < -0.39 is 0 Å². The maximum absolute atomic E-state index is 12.2. The van der Waals surface area contributed by atoms with E-state index in [4.69, 9.17) is 9.47 Å². The molecule has 1 aliphatic heterocycles. The highest BCUT2D eigenvalue weighted by Gasteiger charge is 2.21. The first kappa shape index (κ1) is 19.4. The number of hydrogen-bond donors (Lipinski definition) is 1. The smallest absolute Gasteiger partial charge is 0.262 e. The Morgan fingerprint density at radius 3 is 2.27 bits per heavy atom. The lowest BCUT2D eigenvalue weighted by Gasteiger charge is -2.16. The van der Waals surface area contributed by atoms with Gasteiger partial charge in [0.25, 0.3) is 5.91 Å². The number of pyridine rings is 1. The average molecular weight is 403 g/mol. The van der Waals surface area contributed by atoms with E-state index in [1.54, 1.807) is 65.8 Å². The van der Waals surface area contributed by atoms with Crippen molar-refractivity contribution in [3.05, 3.63) is 73.1 Å². The highest BCUT2D eigenvalue weighted by molar-refractivity contribution is 5.95. The van der Waals surface area contributed by atoms with Gasteiger partial charge in [-0.1, -0.05) is 0 Å². The second-order valence-electron chi connectivity index (χ2n) is 6.79. The van der Waals surface area contributed by atoms with Crippen molar-refractivity contribution < 1.29 is 19.1 Å². The molecule has 3 aromatic rings. The van der Waals surface area contributed by atoms with Crippen molar-refractivity contribution in [1.29, 1.82) is 0 Å². The molecule has 2 amide bonds. The summed E-state index contributed by atoms with van der Waals surface area (Å²) in [4.78, 5) is 29.7. The molecule has 0 atom stereocenters. The van der Waals surface area contributed by atoms with Gasteiger partial charge in [0, 0.05) is 36.7 Å². The zero-order valence-electron chi connectivity index (χ0n) is 16.3. The molecule has 30 heavy (non-hydrogen) atoms. The number of nitrogens with zero attached hydrogens (tertiary/aromatic N) is 2. The zero-order valence-corrected chi connectivity index (χ0v) is 16.3. The molecule has 1 aromatic heterocycles. The number of amides is 2. The predicted octanol–water partition coefficient (Wildman–Crippen LogP) is 4.02. The molecular formula is C23H21N3O4. The quantitative estimate of drug-likeness (QED) is 0.645. The number of hydrogen-bond acceptors (Lipinski definition) is 5. The highest BCUT2D eigenvalue weighted by atomic mass is 16.5. The summed E-state index contributed by atoms with van der Waals surface area (Å²) in [5, 5.41) is 2.78. The Kier molecular flexibility index (Phi) is 5.89. The fraction of sp³-hybridized carbons (Fsp3) is 0.174. The third-order valence-electron chi connectivity index (χ3n) is 4.62. The Labute approximate surface area is 174 Å². The minimum absolute atomic E-state index is 0.114. The van der Waals surface area contributed by atoms with Gasteiger partial charge in [0.1, 0.15) is 17.2 Å². The van der Waals surface area contributed by atoms with Crippen molar-refractivity contribution in [3.8, 4) is 17.2 Å². The molecule has 4 rings (SSSR count). The Morgan fingerprint density at radius 2 is 1.60 bits per heavy atom. The second-order valence-corrected chi connectivity index (χ2v) is 6.79. The second kappa shape index (κ2) is 9.09. The Balaban J connectivity index is 1.26. The lowest BCUT2D eigenvalue weighted by Crippen LogP contribution is -2.23. The minimum Gasteiger partial charge on any atom is -0.484 e. The molecular weight excluding hydrogens is 382 g/mol. The van der Waals surface area contributed by atoms with Gasteiger partial charge in [-0.15, -0.1) is 0 Å².